The van der Waals surface area contributed by atoms with Crippen LogP contribution < -0.4 is 11.1 Å². The molecule has 4 heteroatoms. The highest BCUT2D eigenvalue weighted by Crippen LogP contribution is 2.03. The minimum Gasteiger partial charge on any atom is -0.385 e. The number of carbonyl (C=O) groups is 1. The molecule has 0 saturated carbocycles. The molecule has 0 fully saturated rings. The van der Waals surface area contributed by atoms with E-state index >= 15 is 0 Å². The number of methoxy groups -OCH3 is 1. The first-order chi connectivity index (χ1) is 8.76. The van der Waals surface area contributed by atoms with Crippen molar-refractivity contribution in [3.63, 3.8) is 0 Å². The van der Waals surface area contributed by atoms with Crippen LogP contribution in [0.25, 0.3) is 0 Å². The second-order valence-electron chi connectivity index (χ2n) is 4.29. The van der Waals surface area contributed by atoms with Gasteiger partial charge in [-0.15, -0.1) is 0 Å². The molecule has 1 amide bonds. The predicted molar refractivity (Wildman–Crippen MR) is 72.2 cm³/mol. The van der Waals surface area contributed by atoms with E-state index in [4.69, 9.17) is 10.5 Å². The third-order valence-electron chi connectivity index (χ3n) is 2.73. The van der Waals surface area contributed by atoms with Gasteiger partial charge in [0.1, 0.15) is 0 Å². The average molecular weight is 250 g/mol. The number of ether oxygens (including phenoxy) is 1. The number of benzene rings is 1. The van der Waals surface area contributed by atoms with Gasteiger partial charge in [-0.25, -0.2) is 0 Å². The monoisotopic (exact) mass is 250 g/mol. The summed E-state index contributed by atoms with van der Waals surface area (Å²) in [6.45, 7) is 1.06. The molecule has 1 unspecified atom stereocenters. The molecule has 18 heavy (non-hydrogen) atoms. The fourth-order valence-corrected chi connectivity index (χ4v) is 1.77. The number of hydrogen-bond donors (Lipinski definition) is 2. The van der Waals surface area contributed by atoms with Gasteiger partial charge < -0.3 is 15.8 Å². The topological polar surface area (TPSA) is 64.3 Å². The third-order valence-corrected chi connectivity index (χ3v) is 2.73. The van der Waals surface area contributed by atoms with Crippen molar-refractivity contribution >= 4 is 5.91 Å². The first-order valence-corrected chi connectivity index (χ1v) is 6.28. The van der Waals surface area contributed by atoms with Crippen LogP contribution in [0.2, 0.25) is 0 Å². The molecule has 4 nitrogen and oxygen atoms in total. The summed E-state index contributed by atoms with van der Waals surface area (Å²) in [5.74, 6) is 0.0402. The smallest absolute Gasteiger partial charge is 0.220 e. The van der Waals surface area contributed by atoms with Crippen LogP contribution >= 0.6 is 0 Å². The van der Waals surface area contributed by atoms with E-state index in [-0.39, 0.29) is 11.9 Å². The highest BCUT2D eigenvalue weighted by Gasteiger charge is 2.10. The van der Waals surface area contributed by atoms with E-state index in [1.807, 2.05) is 30.3 Å². The van der Waals surface area contributed by atoms with E-state index in [9.17, 15) is 4.79 Å². The zero-order chi connectivity index (χ0) is 13.2. The maximum absolute atomic E-state index is 11.7. The van der Waals surface area contributed by atoms with Crippen LogP contribution in [0.3, 0.4) is 0 Å². The van der Waals surface area contributed by atoms with Crippen molar-refractivity contribution in [2.75, 3.05) is 20.3 Å². The Labute approximate surface area is 109 Å². The lowest BCUT2D eigenvalue weighted by Crippen LogP contribution is -2.41. The summed E-state index contributed by atoms with van der Waals surface area (Å²) >= 11 is 0. The normalized spacial score (nSPS) is 12.1. The molecule has 0 spiro atoms. The van der Waals surface area contributed by atoms with Crippen LogP contribution in [0.4, 0.5) is 0 Å². The maximum Gasteiger partial charge on any atom is 0.220 e. The molecular formula is C14H22N2O2. The lowest BCUT2D eigenvalue weighted by atomic mass is 10.1. The lowest BCUT2D eigenvalue weighted by molar-refractivity contribution is -0.122. The van der Waals surface area contributed by atoms with Gasteiger partial charge in [0.15, 0.2) is 0 Å². The van der Waals surface area contributed by atoms with Gasteiger partial charge in [-0.05, 0) is 18.4 Å². The summed E-state index contributed by atoms with van der Waals surface area (Å²) in [5, 5.41) is 2.95. The van der Waals surface area contributed by atoms with Crippen molar-refractivity contribution < 1.29 is 9.53 Å². The summed E-state index contributed by atoms with van der Waals surface area (Å²) in [5.41, 5.74) is 6.87. The van der Waals surface area contributed by atoms with Crippen molar-refractivity contribution in [2.24, 2.45) is 5.73 Å². The number of nitrogens with one attached hydrogen (secondary N) is 1. The summed E-state index contributed by atoms with van der Waals surface area (Å²) < 4.78 is 4.91. The van der Waals surface area contributed by atoms with Gasteiger partial charge in [0.25, 0.3) is 0 Å². The SMILES string of the molecule is COCCCC(=O)NC(CN)Cc1ccccc1. The van der Waals surface area contributed by atoms with Gasteiger partial charge in [-0.1, -0.05) is 30.3 Å². The zero-order valence-electron chi connectivity index (χ0n) is 10.9. The molecule has 100 valence electrons. The second-order valence-corrected chi connectivity index (χ2v) is 4.29. The van der Waals surface area contributed by atoms with E-state index in [1.165, 1.54) is 5.56 Å². The average Bonchev–Trinajstić information content (AvgIpc) is 2.39. The van der Waals surface area contributed by atoms with Crippen LogP contribution in [-0.4, -0.2) is 32.2 Å². The van der Waals surface area contributed by atoms with Gasteiger partial charge in [-0.2, -0.15) is 0 Å². The first kappa shape index (κ1) is 14.7. The maximum atomic E-state index is 11.7. The van der Waals surface area contributed by atoms with Crippen LogP contribution in [0, 0.1) is 0 Å². The minimum absolute atomic E-state index is 0.00226. The molecule has 0 radical (unpaired) electrons. The van der Waals surface area contributed by atoms with Crippen molar-refractivity contribution in [2.45, 2.75) is 25.3 Å². The van der Waals surface area contributed by atoms with E-state index in [1.54, 1.807) is 7.11 Å². The Morgan fingerprint density at radius 2 is 2.11 bits per heavy atom. The largest absolute Gasteiger partial charge is 0.385 e. The molecule has 1 aromatic rings. The lowest BCUT2D eigenvalue weighted by Gasteiger charge is -2.17. The molecule has 0 aliphatic rings. The van der Waals surface area contributed by atoms with Crippen LogP contribution in [0.15, 0.2) is 30.3 Å². The van der Waals surface area contributed by atoms with E-state index in [2.05, 4.69) is 5.32 Å². The molecule has 1 atom stereocenters. The van der Waals surface area contributed by atoms with Crippen LogP contribution in [0.5, 0.6) is 0 Å². The molecule has 3 N–H and O–H groups in total. The highest BCUT2D eigenvalue weighted by molar-refractivity contribution is 5.76. The number of hydrogen-bond acceptors (Lipinski definition) is 3. The summed E-state index contributed by atoms with van der Waals surface area (Å²) in [6, 6.07) is 10.0. The second kappa shape index (κ2) is 8.66. The van der Waals surface area contributed by atoms with Crippen LogP contribution in [0.1, 0.15) is 18.4 Å². The standard InChI is InChI=1S/C14H22N2O2/c1-18-9-5-8-14(17)16-13(11-15)10-12-6-3-2-4-7-12/h2-4,6-7,13H,5,8-11,15H2,1H3,(H,16,17). The molecule has 1 rings (SSSR count). The first-order valence-electron chi connectivity index (χ1n) is 6.28. The van der Waals surface area contributed by atoms with Crippen molar-refractivity contribution in [3.8, 4) is 0 Å². The Kier molecular flexibility index (Phi) is 7.06. The molecular weight excluding hydrogens is 228 g/mol. The van der Waals surface area contributed by atoms with Crippen molar-refractivity contribution in [3.05, 3.63) is 35.9 Å². The fourth-order valence-electron chi connectivity index (χ4n) is 1.77. The minimum atomic E-state index is 0.00226. The summed E-state index contributed by atoms with van der Waals surface area (Å²) in [6.07, 6.45) is 2.00. The number of rotatable bonds is 8. The van der Waals surface area contributed by atoms with Gasteiger partial charge in [0, 0.05) is 32.7 Å². The number of amides is 1. The quantitative estimate of drug-likeness (QED) is 0.679. The Morgan fingerprint density at radius 1 is 1.39 bits per heavy atom. The fraction of sp³-hybridized carbons (Fsp3) is 0.500. The van der Waals surface area contributed by atoms with E-state index in [0.717, 1.165) is 12.8 Å². The molecule has 0 aromatic heterocycles. The number of nitrogens with two attached hydrogens (primary N) is 1. The predicted octanol–water partition coefficient (Wildman–Crippen LogP) is 1.10. The van der Waals surface area contributed by atoms with Crippen LogP contribution in [-0.2, 0) is 16.0 Å². The van der Waals surface area contributed by atoms with Gasteiger partial charge in [0.2, 0.25) is 5.91 Å². The molecule has 0 aliphatic heterocycles. The molecule has 0 heterocycles. The molecule has 1 aromatic carbocycles. The Hall–Kier alpha value is -1.39. The van der Waals surface area contributed by atoms with Gasteiger partial charge >= 0.3 is 0 Å². The van der Waals surface area contributed by atoms with Gasteiger partial charge in [-0.3, -0.25) is 4.79 Å². The van der Waals surface area contributed by atoms with Crippen molar-refractivity contribution in [1.29, 1.82) is 0 Å². The third kappa shape index (κ3) is 5.80. The molecule has 0 aliphatic carbocycles. The highest BCUT2D eigenvalue weighted by atomic mass is 16.5. The molecule has 0 saturated heterocycles. The Morgan fingerprint density at radius 3 is 2.72 bits per heavy atom. The summed E-state index contributed by atoms with van der Waals surface area (Å²) in [7, 11) is 1.63. The van der Waals surface area contributed by atoms with Crippen molar-refractivity contribution in [1.82, 2.24) is 5.32 Å². The van der Waals surface area contributed by atoms with E-state index < -0.39 is 0 Å². The number of carbonyl (C=O) groups excluding carboxylic acids is 1. The Bertz CT molecular complexity index is 341. The molecule has 0 bridgehead atoms. The Balaban J connectivity index is 2.35. The van der Waals surface area contributed by atoms with E-state index in [0.29, 0.717) is 19.6 Å². The van der Waals surface area contributed by atoms with Gasteiger partial charge in [0.05, 0.1) is 0 Å². The zero-order valence-corrected chi connectivity index (χ0v) is 10.9. The summed E-state index contributed by atoms with van der Waals surface area (Å²) in [4.78, 5) is 11.7.